The van der Waals surface area contributed by atoms with E-state index in [2.05, 4.69) is 17.4 Å². The number of anilines is 1. The fraction of sp³-hybridized carbons (Fsp3) is 0.115. The number of nitrogens with zero attached hydrogens (tertiary/aromatic N) is 1. The fourth-order valence-corrected chi connectivity index (χ4v) is 4.20. The molecular formula is C26H21ClN2O2. The molecule has 0 amide bonds. The molecule has 0 aliphatic carbocycles. The molecule has 0 fully saturated rings. The minimum absolute atomic E-state index is 0.0577. The van der Waals surface area contributed by atoms with Crippen LogP contribution in [0.15, 0.2) is 88.1 Å². The van der Waals surface area contributed by atoms with E-state index >= 15 is 0 Å². The molecule has 4 nitrogen and oxygen atoms in total. The number of benzene rings is 3. The van der Waals surface area contributed by atoms with E-state index < -0.39 is 0 Å². The highest BCUT2D eigenvalue weighted by molar-refractivity contribution is 6.30. The lowest BCUT2D eigenvalue weighted by molar-refractivity contribution is 0.629. The number of hydrogen-bond donors (Lipinski definition) is 1. The standard InChI is InChI=1S/C26H21ClN2O2/c1-2-29-21-11-7-6-10-20(21)24-23(26(29)30)22(18-12-14-19(27)15-13-18)25(31-24)28-16-17-8-4-3-5-9-17/h3-15,28H,2,16H2,1H3. The summed E-state index contributed by atoms with van der Waals surface area (Å²) in [5, 5.41) is 5.56. The molecule has 3 aromatic carbocycles. The van der Waals surface area contributed by atoms with E-state index in [0.29, 0.717) is 35.0 Å². The molecule has 2 aromatic heterocycles. The molecule has 0 atom stereocenters. The van der Waals surface area contributed by atoms with E-state index in [4.69, 9.17) is 16.0 Å². The van der Waals surface area contributed by atoms with Gasteiger partial charge >= 0.3 is 0 Å². The highest BCUT2D eigenvalue weighted by atomic mass is 35.5. The third-order valence-electron chi connectivity index (χ3n) is 5.55. The van der Waals surface area contributed by atoms with Gasteiger partial charge in [0.2, 0.25) is 5.88 Å². The lowest BCUT2D eigenvalue weighted by atomic mass is 10.0. The fourth-order valence-electron chi connectivity index (χ4n) is 4.08. The van der Waals surface area contributed by atoms with Gasteiger partial charge in [0.25, 0.3) is 5.56 Å². The first-order chi connectivity index (χ1) is 15.2. The van der Waals surface area contributed by atoms with Gasteiger partial charge in [0.15, 0.2) is 5.58 Å². The van der Waals surface area contributed by atoms with Crippen molar-refractivity contribution in [3.05, 3.63) is 99.8 Å². The van der Waals surface area contributed by atoms with Gasteiger partial charge in [-0.2, -0.15) is 0 Å². The van der Waals surface area contributed by atoms with Crippen LogP contribution in [-0.2, 0) is 13.1 Å². The Kier molecular flexibility index (Phi) is 5.00. The van der Waals surface area contributed by atoms with Gasteiger partial charge in [-0.05, 0) is 42.3 Å². The van der Waals surface area contributed by atoms with E-state index in [1.165, 1.54) is 0 Å². The Morgan fingerprint density at radius 2 is 1.65 bits per heavy atom. The molecule has 0 radical (unpaired) electrons. The molecule has 0 saturated heterocycles. The number of fused-ring (bicyclic) bond motifs is 3. The molecule has 0 bridgehead atoms. The summed E-state index contributed by atoms with van der Waals surface area (Å²) in [5.41, 5.74) is 4.19. The SMILES string of the molecule is CCn1c(=O)c2c(-c3ccc(Cl)cc3)c(NCc3ccccc3)oc2c2ccccc21. The summed E-state index contributed by atoms with van der Waals surface area (Å²) in [6, 6.07) is 25.5. The summed E-state index contributed by atoms with van der Waals surface area (Å²) in [4.78, 5) is 13.6. The molecular weight excluding hydrogens is 408 g/mol. The predicted octanol–water partition coefficient (Wildman–Crippen LogP) is 6.70. The summed E-state index contributed by atoms with van der Waals surface area (Å²) in [6.45, 7) is 3.14. The Morgan fingerprint density at radius 3 is 2.39 bits per heavy atom. The molecule has 0 saturated carbocycles. The van der Waals surface area contributed by atoms with Crippen LogP contribution in [0.3, 0.4) is 0 Å². The van der Waals surface area contributed by atoms with Crippen molar-refractivity contribution < 1.29 is 4.42 Å². The van der Waals surface area contributed by atoms with Crippen molar-refractivity contribution in [3.63, 3.8) is 0 Å². The summed E-state index contributed by atoms with van der Waals surface area (Å²) in [5.74, 6) is 0.581. The summed E-state index contributed by atoms with van der Waals surface area (Å²) in [6.07, 6.45) is 0. The lowest BCUT2D eigenvalue weighted by Gasteiger charge is -2.09. The number of aryl methyl sites for hydroxylation is 1. The van der Waals surface area contributed by atoms with Crippen LogP contribution < -0.4 is 10.9 Å². The van der Waals surface area contributed by atoms with E-state index in [-0.39, 0.29) is 5.56 Å². The van der Waals surface area contributed by atoms with Crippen molar-refractivity contribution in [3.8, 4) is 11.1 Å². The molecule has 1 N–H and O–H groups in total. The molecule has 31 heavy (non-hydrogen) atoms. The number of pyridine rings is 1. The van der Waals surface area contributed by atoms with Crippen LogP contribution in [0.25, 0.3) is 33.0 Å². The third kappa shape index (κ3) is 3.39. The molecule has 5 aromatic rings. The van der Waals surface area contributed by atoms with Crippen molar-refractivity contribution in [1.82, 2.24) is 4.57 Å². The Morgan fingerprint density at radius 1 is 0.935 bits per heavy atom. The number of nitrogens with one attached hydrogen (secondary N) is 1. The van der Waals surface area contributed by atoms with Gasteiger partial charge in [0.05, 0.1) is 16.5 Å². The Hall–Kier alpha value is -3.50. The zero-order valence-electron chi connectivity index (χ0n) is 17.1. The number of para-hydroxylation sites is 1. The molecule has 0 aliphatic rings. The molecule has 0 unspecified atom stereocenters. The highest BCUT2D eigenvalue weighted by Gasteiger charge is 2.23. The average molecular weight is 429 g/mol. The lowest BCUT2D eigenvalue weighted by Crippen LogP contribution is -2.19. The average Bonchev–Trinajstić information content (AvgIpc) is 3.19. The second-order valence-electron chi connectivity index (χ2n) is 7.42. The predicted molar refractivity (Wildman–Crippen MR) is 128 cm³/mol. The minimum atomic E-state index is -0.0577. The third-order valence-corrected chi connectivity index (χ3v) is 5.80. The van der Waals surface area contributed by atoms with Crippen molar-refractivity contribution in [2.45, 2.75) is 20.0 Å². The van der Waals surface area contributed by atoms with Crippen LogP contribution in [-0.4, -0.2) is 4.57 Å². The minimum Gasteiger partial charge on any atom is -0.439 e. The highest BCUT2D eigenvalue weighted by Crippen LogP contribution is 2.40. The molecule has 0 spiro atoms. The summed E-state index contributed by atoms with van der Waals surface area (Å²) < 4.78 is 8.14. The van der Waals surface area contributed by atoms with E-state index in [9.17, 15) is 4.79 Å². The van der Waals surface area contributed by atoms with Crippen molar-refractivity contribution in [2.75, 3.05) is 5.32 Å². The zero-order chi connectivity index (χ0) is 21.4. The Labute approximate surface area is 184 Å². The van der Waals surface area contributed by atoms with Crippen molar-refractivity contribution in [1.29, 1.82) is 0 Å². The largest absolute Gasteiger partial charge is 0.439 e. The summed E-state index contributed by atoms with van der Waals surface area (Å²) in [7, 11) is 0. The normalized spacial score (nSPS) is 11.3. The first kappa shape index (κ1) is 19.5. The van der Waals surface area contributed by atoms with Gasteiger partial charge in [-0.15, -0.1) is 0 Å². The van der Waals surface area contributed by atoms with E-state index in [0.717, 1.165) is 27.6 Å². The molecule has 5 rings (SSSR count). The number of furan rings is 1. The maximum atomic E-state index is 13.6. The van der Waals surface area contributed by atoms with Gasteiger partial charge in [0, 0.05) is 23.5 Å². The van der Waals surface area contributed by atoms with Gasteiger partial charge in [0.1, 0.15) is 0 Å². The van der Waals surface area contributed by atoms with Crippen LogP contribution in [0.4, 0.5) is 5.88 Å². The van der Waals surface area contributed by atoms with Crippen LogP contribution in [0.5, 0.6) is 0 Å². The van der Waals surface area contributed by atoms with E-state index in [1.54, 1.807) is 4.57 Å². The summed E-state index contributed by atoms with van der Waals surface area (Å²) >= 11 is 6.12. The number of rotatable bonds is 5. The van der Waals surface area contributed by atoms with Gasteiger partial charge in [-0.3, -0.25) is 4.79 Å². The van der Waals surface area contributed by atoms with E-state index in [1.807, 2.05) is 73.7 Å². The molecule has 2 heterocycles. The maximum Gasteiger partial charge on any atom is 0.262 e. The number of aromatic nitrogens is 1. The molecule has 154 valence electrons. The zero-order valence-corrected chi connectivity index (χ0v) is 17.8. The molecule has 0 aliphatic heterocycles. The van der Waals surface area contributed by atoms with Crippen molar-refractivity contribution in [2.24, 2.45) is 0 Å². The molecule has 5 heteroatoms. The Bertz CT molecular complexity index is 1430. The first-order valence-electron chi connectivity index (χ1n) is 10.3. The Balaban J connectivity index is 1.79. The number of hydrogen-bond acceptors (Lipinski definition) is 3. The first-order valence-corrected chi connectivity index (χ1v) is 10.7. The quantitative estimate of drug-likeness (QED) is 0.339. The monoisotopic (exact) mass is 428 g/mol. The smallest absolute Gasteiger partial charge is 0.262 e. The van der Waals surface area contributed by atoms with Gasteiger partial charge in [-0.1, -0.05) is 66.2 Å². The number of halogens is 1. The van der Waals surface area contributed by atoms with Crippen LogP contribution in [0, 0.1) is 0 Å². The van der Waals surface area contributed by atoms with Gasteiger partial charge < -0.3 is 14.3 Å². The van der Waals surface area contributed by atoms with Gasteiger partial charge in [-0.25, -0.2) is 0 Å². The second kappa shape index (κ2) is 7.97. The van der Waals surface area contributed by atoms with Crippen LogP contribution in [0.2, 0.25) is 5.02 Å². The van der Waals surface area contributed by atoms with Crippen LogP contribution in [0.1, 0.15) is 12.5 Å². The van der Waals surface area contributed by atoms with Crippen molar-refractivity contribution >= 4 is 39.4 Å². The topological polar surface area (TPSA) is 47.2 Å². The second-order valence-corrected chi connectivity index (χ2v) is 7.86. The van der Waals surface area contributed by atoms with Crippen LogP contribution >= 0.6 is 11.6 Å². The maximum absolute atomic E-state index is 13.6.